The summed E-state index contributed by atoms with van der Waals surface area (Å²) in [4.78, 5) is 5.78. The number of nitrogen functional groups attached to an aromatic ring is 1. The molecule has 2 aromatic heterocycles. The summed E-state index contributed by atoms with van der Waals surface area (Å²) in [6.07, 6.45) is 0.992. The van der Waals surface area contributed by atoms with Crippen LogP contribution in [0.2, 0.25) is 0 Å². The number of thiophene rings is 1. The first kappa shape index (κ1) is 12.7. The molecule has 98 valence electrons. The molecular formula is C14H14BrN3S. The van der Waals surface area contributed by atoms with E-state index >= 15 is 0 Å². The number of benzene rings is 1. The van der Waals surface area contributed by atoms with Gasteiger partial charge in [-0.3, -0.25) is 0 Å². The number of rotatable bonds is 3. The Morgan fingerprint density at radius 2 is 2.26 bits per heavy atom. The van der Waals surface area contributed by atoms with Crippen LogP contribution in [0.25, 0.3) is 11.0 Å². The molecule has 0 aliphatic carbocycles. The Morgan fingerprint density at radius 3 is 2.95 bits per heavy atom. The molecule has 1 atom stereocenters. The Labute approximate surface area is 124 Å². The summed E-state index contributed by atoms with van der Waals surface area (Å²) < 4.78 is 3.15. The zero-order chi connectivity index (χ0) is 13.4. The lowest BCUT2D eigenvalue weighted by atomic mass is 10.1. The molecule has 0 radical (unpaired) electrons. The number of anilines is 1. The molecule has 1 unspecified atom stereocenters. The second-order valence-electron chi connectivity index (χ2n) is 4.41. The monoisotopic (exact) mass is 335 g/mol. The van der Waals surface area contributed by atoms with Crippen molar-refractivity contribution >= 4 is 44.2 Å². The van der Waals surface area contributed by atoms with Crippen LogP contribution in [0.5, 0.6) is 0 Å². The van der Waals surface area contributed by atoms with Gasteiger partial charge in [0, 0.05) is 9.35 Å². The fraction of sp³-hybridized carbons (Fsp3) is 0.214. The molecule has 1 aromatic carbocycles. The fourth-order valence-electron chi connectivity index (χ4n) is 2.41. The maximum Gasteiger partial charge on any atom is 0.201 e. The van der Waals surface area contributed by atoms with Crippen molar-refractivity contribution in [2.45, 2.75) is 19.4 Å². The topological polar surface area (TPSA) is 43.8 Å². The number of nitrogens with zero attached hydrogens (tertiary/aromatic N) is 2. The number of aromatic nitrogens is 2. The Hall–Kier alpha value is -1.33. The quantitative estimate of drug-likeness (QED) is 0.768. The van der Waals surface area contributed by atoms with Gasteiger partial charge in [-0.25, -0.2) is 4.98 Å². The molecular weight excluding hydrogens is 322 g/mol. The van der Waals surface area contributed by atoms with Crippen LogP contribution in [0.1, 0.15) is 24.3 Å². The molecule has 2 heterocycles. The molecule has 0 spiro atoms. The lowest BCUT2D eigenvalue weighted by Gasteiger charge is -2.17. The van der Waals surface area contributed by atoms with Crippen molar-refractivity contribution in [1.82, 2.24) is 9.55 Å². The third kappa shape index (κ3) is 2.17. The molecule has 0 fully saturated rings. The SMILES string of the molecule is CCC(c1cccs1)n1c(N)nc2cc(Br)ccc21. The molecule has 0 aliphatic heterocycles. The van der Waals surface area contributed by atoms with Crippen molar-refractivity contribution in [3.63, 3.8) is 0 Å². The van der Waals surface area contributed by atoms with E-state index < -0.39 is 0 Å². The van der Waals surface area contributed by atoms with Crippen molar-refractivity contribution in [2.75, 3.05) is 5.73 Å². The molecule has 0 saturated heterocycles. The van der Waals surface area contributed by atoms with Gasteiger partial charge in [-0.1, -0.05) is 28.9 Å². The summed E-state index contributed by atoms with van der Waals surface area (Å²) in [5, 5.41) is 2.10. The molecule has 0 saturated carbocycles. The average molecular weight is 336 g/mol. The van der Waals surface area contributed by atoms with Gasteiger partial charge in [-0.15, -0.1) is 11.3 Å². The van der Waals surface area contributed by atoms with Crippen LogP contribution in [0, 0.1) is 0 Å². The molecule has 5 heteroatoms. The summed E-state index contributed by atoms with van der Waals surface area (Å²) in [5.74, 6) is 0.577. The highest BCUT2D eigenvalue weighted by Gasteiger charge is 2.18. The maximum absolute atomic E-state index is 6.13. The molecule has 3 nitrogen and oxygen atoms in total. The highest BCUT2D eigenvalue weighted by Crippen LogP contribution is 2.32. The van der Waals surface area contributed by atoms with E-state index in [1.165, 1.54) is 4.88 Å². The van der Waals surface area contributed by atoms with E-state index in [1.54, 1.807) is 11.3 Å². The zero-order valence-electron chi connectivity index (χ0n) is 10.5. The van der Waals surface area contributed by atoms with Crippen LogP contribution in [0.15, 0.2) is 40.2 Å². The van der Waals surface area contributed by atoms with Gasteiger partial charge >= 0.3 is 0 Å². The minimum Gasteiger partial charge on any atom is -0.369 e. The smallest absolute Gasteiger partial charge is 0.201 e. The number of halogens is 1. The Bertz CT molecular complexity index is 703. The van der Waals surface area contributed by atoms with Gasteiger partial charge in [0.1, 0.15) is 0 Å². The number of imidazole rings is 1. The number of nitrogens with two attached hydrogens (primary N) is 1. The third-order valence-electron chi connectivity index (χ3n) is 3.25. The highest BCUT2D eigenvalue weighted by molar-refractivity contribution is 9.10. The Morgan fingerprint density at radius 1 is 1.42 bits per heavy atom. The first-order valence-electron chi connectivity index (χ1n) is 6.17. The summed E-state index contributed by atoms with van der Waals surface area (Å²) in [6, 6.07) is 10.6. The minimum atomic E-state index is 0.256. The lowest BCUT2D eigenvalue weighted by Crippen LogP contribution is -2.11. The van der Waals surface area contributed by atoms with Gasteiger partial charge in [0.2, 0.25) is 5.95 Å². The van der Waals surface area contributed by atoms with E-state index in [4.69, 9.17) is 5.73 Å². The van der Waals surface area contributed by atoms with Gasteiger partial charge in [0.25, 0.3) is 0 Å². The van der Waals surface area contributed by atoms with Gasteiger partial charge in [0.05, 0.1) is 17.1 Å². The second kappa shape index (κ2) is 4.98. The number of fused-ring (bicyclic) bond motifs is 1. The van der Waals surface area contributed by atoms with Crippen molar-refractivity contribution in [2.24, 2.45) is 0 Å². The van der Waals surface area contributed by atoms with Crippen LogP contribution < -0.4 is 5.73 Å². The molecule has 0 amide bonds. The average Bonchev–Trinajstić information content (AvgIpc) is 2.99. The number of hydrogen-bond donors (Lipinski definition) is 1. The first-order chi connectivity index (χ1) is 9.20. The van der Waals surface area contributed by atoms with Crippen molar-refractivity contribution in [3.05, 3.63) is 45.1 Å². The van der Waals surface area contributed by atoms with Crippen LogP contribution >= 0.6 is 27.3 Å². The Balaban J connectivity index is 2.21. The van der Waals surface area contributed by atoms with Gasteiger partial charge in [-0.2, -0.15) is 0 Å². The largest absolute Gasteiger partial charge is 0.369 e. The number of hydrogen-bond acceptors (Lipinski definition) is 3. The standard InChI is InChI=1S/C14H14BrN3S/c1-2-11(13-4-3-7-19-13)18-12-6-5-9(15)8-10(12)17-14(18)16/h3-8,11H,2H2,1H3,(H2,16,17). The third-order valence-corrected chi connectivity index (χ3v) is 4.72. The zero-order valence-corrected chi connectivity index (χ0v) is 12.9. The van der Waals surface area contributed by atoms with E-state index in [0.29, 0.717) is 5.95 Å². The van der Waals surface area contributed by atoms with Gasteiger partial charge in [0.15, 0.2) is 0 Å². The van der Waals surface area contributed by atoms with Crippen LogP contribution in [0.3, 0.4) is 0 Å². The van der Waals surface area contributed by atoms with Gasteiger partial charge in [-0.05, 0) is 36.1 Å². The van der Waals surface area contributed by atoms with Crippen LogP contribution in [-0.2, 0) is 0 Å². The molecule has 3 rings (SSSR count). The van der Waals surface area contributed by atoms with E-state index in [-0.39, 0.29) is 6.04 Å². The molecule has 3 aromatic rings. The molecule has 19 heavy (non-hydrogen) atoms. The summed E-state index contributed by atoms with van der Waals surface area (Å²) in [6.45, 7) is 2.18. The van der Waals surface area contributed by atoms with Crippen LogP contribution in [0.4, 0.5) is 5.95 Å². The van der Waals surface area contributed by atoms with E-state index in [9.17, 15) is 0 Å². The van der Waals surface area contributed by atoms with Gasteiger partial charge < -0.3 is 10.3 Å². The highest BCUT2D eigenvalue weighted by atomic mass is 79.9. The van der Waals surface area contributed by atoms with Crippen LogP contribution in [-0.4, -0.2) is 9.55 Å². The van der Waals surface area contributed by atoms with Crippen molar-refractivity contribution in [1.29, 1.82) is 0 Å². The van der Waals surface area contributed by atoms with Crippen molar-refractivity contribution in [3.8, 4) is 0 Å². The molecule has 2 N–H and O–H groups in total. The Kier molecular flexibility index (Phi) is 3.33. The summed E-state index contributed by atoms with van der Waals surface area (Å²) >= 11 is 5.23. The second-order valence-corrected chi connectivity index (χ2v) is 6.31. The summed E-state index contributed by atoms with van der Waals surface area (Å²) in [5.41, 5.74) is 8.14. The first-order valence-corrected chi connectivity index (χ1v) is 7.84. The lowest BCUT2D eigenvalue weighted by molar-refractivity contribution is 0.599. The fourth-order valence-corrected chi connectivity index (χ4v) is 3.66. The van der Waals surface area contributed by atoms with E-state index in [0.717, 1.165) is 21.9 Å². The predicted octanol–water partition coefficient (Wildman–Crippen LogP) is 4.44. The van der Waals surface area contributed by atoms with E-state index in [1.807, 2.05) is 12.1 Å². The molecule has 0 aliphatic rings. The predicted molar refractivity (Wildman–Crippen MR) is 84.6 cm³/mol. The van der Waals surface area contributed by atoms with E-state index in [2.05, 4.69) is 56.0 Å². The minimum absolute atomic E-state index is 0.256. The summed E-state index contributed by atoms with van der Waals surface area (Å²) in [7, 11) is 0. The maximum atomic E-state index is 6.13. The normalized spacial score (nSPS) is 12.9. The molecule has 0 bridgehead atoms. The van der Waals surface area contributed by atoms with Crippen molar-refractivity contribution < 1.29 is 0 Å².